The molecule has 25 heavy (non-hydrogen) atoms. The van der Waals surface area contributed by atoms with Crippen LogP contribution in [0.3, 0.4) is 0 Å². The van der Waals surface area contributed by atoms with Crippen molar-refractivity contribution in [1.82, 2.24) is 4.98 Å². The van der Waals surface area contributed by atoms with Crippen LogP contribution < -0.4 is 5.32 Å². The first kappa shape index (κ1) is 18.1. The van der Waals surface area contributed by atoms with Crippen LogP contribution in [0.1, 0.15) is 52.0 Å². The second kappa shape index (κ2) is 7.57. The Balaban J connectivity index is 1.95. The van der Waals surface area contributed by atoms with Gasteiger partial charge in [-0.25, -0.2) is 4.79 Å². The lowest BCUT2D eigenvalue weighted by molar-refractivity contribution is -0.123. The van der Waals surface area contributed by atoms with Gasteiger partial charge in [0, 0.05) is 23.0 Å². The Morgan fingerprint density at radius 3 is 2.12 bits per heavy atom. The number of rotatable bonds is 6. The number of hydrogen-bond donors (Lipinski definition) is 2. The Hall–Kier alpha value is -3.22. The van der Waals surface area contributed by atoms with E-state index in [-0.39, 0.29) is 17.3 Å². The van der Waals surface area contributed by atoms with Crippen LogP contribution in [0.4, 0.5) is 5.69 Å². The lowest BCUT2D eigenvalue weighted by Gasteiger charge is -2.13. The van der Waals surface area contributed by atoms with Gasteiger partial charge in [0.15, 0.2) is 17.7 Å². The number of H-pyrrole nitrogens is 1. The average molecular weight is 342 g/mol. The van der Waals surface area contributed by atoms with Gasteiger partial charge in [0.1, 0.15) is 5.69 Å². The van der Waals surface area contributed by atoms with Crippen LogP contribution in [-0.4, -0.2) is 34.5 Å². The number of Topliss-reactive ketones (excluding diaryl/α,β-unsaturated/α-hetero) is 2. The number of ketones is 2. The van der Waals surface area contributed by atoms with Gasteiger partial charge in [-0.15, -0.1) is 0 Å². The van der Waals surface area contributed by atoms with Crippen LogP contribution in [-0.2, 0) is 9.53 Å². The summed E-state index contributed by atoms with van der Waals surface area (Å²) in [4.78, 5) is 49.2. The second-order valence-electron chi connectivity index (χ2n) is 5.53. The quantitative estimate of drug-likeness (QED) is 0.620. The molecule has 130 valence electrons. The number of esters is 1. The minimum Gasteiger partial charge on any atom is -0.448 e. The SMILES string of the molecule is CC(=O)c1ccc(NC(=O)[C@H](C)OC(=O)c2cc(C(C)=O)c[nH]2)cc1. The number of ether oxygens (including phenoxy) is 1. The molecule has 0 spiro atoms. The molecule has 0 aliphatic heterocycles. The highest BCUT2D eigenvalue weighted by molar-refractivity contribution is 6.00. The Bertz CT molecular complexity index is 820. The summed E-state index contributed by atoms with van der Waals surface area (Å²) in [5, 5.41) is 2.60. The van der Waals surface area contributed by atoms with E-state index in [0.29, 0.717) is 16.8 Å². The molecule has 7 nitrogen and oxygen atoms in total. The Morgan fingerprint density at radius 1 is 1.00 bits per heavy atom. The lowest BCUT2D eigenvalue weighted by atomic mass is 10.1. The van der Waals surface area contributed by atoms with Gasteiger partial charge in [-0.05, 0) is 51.1 Å². The highest BCUT2D eigenvalue weighted by Gasteiger charge is 2.20. The van der Waals surface area contributed by atoms with E-state index in [0.717, 1.165) is 0 Å². The summed E-state index contributed by atoms with van der Waals surface area (Å²) in [7, 11) is 0. The Morgan fingerprint density at radius 2 is 1.60 bits per heavy atom. The normalized spacial score (nSPS) is 11.5. The topological polar surface area (TPSA) is 105 Å². The zero-order chi connectivity index (χ0) is 18.6. The molecule has 1 aromatic carbocycles. The molecule has 0 unspecified atom stereocenters. The third kappa shape index (κ3) is 4.63. The van der Waals surface area contributed by atoms with Gasteiger partial charge in [-0.1, -0.05) is 0 Å². The first-order chi connectivity index (χ1) is 11.8. The van der Waals surface area contributed by atoms with Gasteiger partial charge in [-0.2, -0.15) is 0 Å². The van der Waals surface area contributed by atoms with Crippen LogP contribution in [0.25, 0.3) is 0 Å². The third-order valence-electron chi connectivity index (χ3n) is 3.52. The maximum absolute atomic E-state index is 12.1. The van der Waals surface area contributed by atoms with Gasteiger partial charge in [0.25, 0.3) is 5.91 Å². The van der Waals surface area contributed by atoms with E-state index < -0.39 is 18.0 Å². The fourth-order valence-corrected chi connectivity index (χ4v) is 2.03. The number of carbonyl (C=O) groups excluding carboxylic acids is 4. The minimum atomic E-state index is -1.04. The summed E-state index contributed by atoms with van der Waals surface area (Å²) < 4.78 is 5.08. The largest absolute Gasteiger partial charge is 0.448 e. The van der Waals surface area contributed by atoms with Crippen molar-refractivity contribution < 1.29 is 23.9 Å². The number of benzene rings is 1. The molecular weight excluding hydrogens is 324 g/mol. The van der Waals surface area contributed by atoms with Gasteiger partial charge in [-0.3, -0.25) is 14.4 Å². The maximum Gasteiger partial charge on any atom is 0.355 e. The summed E-state index contributed by atoms with van der Waals surface area (Å²) in [5.41, 5.74) is 1.47. The smallest absolute Gasteiger partial charge is 0.355 e. The molecular formula is C18H18N2O5. The van der Waals surface area contributed by atoms with E-state index in [4.69, 9.17) is 4.74 Å². The first-order valence-corrected chi connectivity index (χ1v) is 7.60. The van der Waals surface area contributed by atoms with Crippen LogP contribution >= 0.6 is 0 Å². The van der Waals surface area contributed by atoms with Crippen molar-refractivity contribution in [3.63, 3.8) is 0 Å². The van der Waals surface area contributed by atoms with Crippen LogP contribution in [0, 0.1) is 0 Å². The standard InChI is InChI=1S/C18H18N2O5/c1-10(21)13-4-6-15(7-5-13)20-17(23)12(3)25-18(24)16-8-14(9-19-16)11(2)22/h4-9,12,19H,1-3H3,(H,20,23)/t12-/m0/s1. The monoisotopic (exact) mass is 342 g/mol. The Kier molecular flexibility index (Phi) is 5.49. The highest BCUT2D eigenvalue weighted by atomic mass is 16.5. The van der Waals surface area contributed by atoms with Gasteiger partial charge in [0.2, 0.25) is 0 Å². The van der Waals surface area contributed by atoms with E-state index in [1.807, 2.05) is 0 Å². The number of carbonyl (C=O) groups is 4. The number of anilines is 1. The van der Waals surface area contributed by atoms with Gasteiger partial charge < -0.3 is 15.0 Å². The predicted molar refractivity (Wildman–Crippen MR) is 90.8 cm³/mol. The molecule has 7 heteroatoms. The Labute approximate surface area is 144 Å². The maximum atomic E-state index is 12.1. The zero-order valence-corrected chi connectivity index (χ0v) is 14.1. The molecule has 1 amide bonds. The minimum absolute atomic E-state index is 0.0731. The van der Waals surface area contributed by atoms with Crippen molar-refractivity contribution in [3.8, 4) is 0 Å². The summed E-state index contributed by atoms with van der Waals surface area (Å²) in [5.74, 6) is -1.50. The average Bonchev–Trinajstić information content (AvgIpc) is 3.05. The first-order valence-electron chi connectivity index (χ1n) is 7.60. The number of hydrogen-bond acceptors (Lipinski definition) is 5. The van der Waals surface area contributed by atoms with E-state index in [2.05, 4.69) is 10.3 Å². The van der Waals surface area contributed by atoms with Crippen molar-refractivity contribution in [3.05, 3.63) is 53.3 Å². The summed E-state index contributed by atoms with van der Waals surface area (Å²) in [6, 6.07) is 7.74. The summed E-state index contributed by atoms with van der Waals surface area (Å²) >= 11 is 0. The third-order valence-corrected chi connectivity index (χ3v) is 3.52. The molecule has 0 bridgehead atoms. The van der Waals surface area contributed by atoms with Crippen molar-refractivity contribution in [2.45, 2.75) is 26.9 Å². The lowest BCUT2D eigenvalue weighted by Crippen LogP contribution is -2.30. The van der Waals surface area contributed by atoms with E-state index in [1.54, 1.807) is 24.3 Å². The molecule has 2 rings (SSSR count). The van der Waals surface area contributed by atoms with E-state index >= 15 is 0 Å². The predicted octanol–water partition coefficient (Wildman–Crippen LogP) is 2.60. The molecule has 0 aliphatic rings. The van der Waals surface area contributed by atoms with Gasteiger partial charge >= 0.3 is 5.97 Å². The molecule has 2 N–H and O–H groups in total. The van der Waals surface area contributed by atoms with E-state index in [9.17, 15) is 19.2 Å². The van der Waals surface area contributed by atoms with Crippen LogP contribution in [0.2, 0.25) is 0 Å². The fourth-order valence-electron chi connectivity index (χ4n) is 2.03. The summed E-state index contributed by atoms with van der Waals surface area (Å²) in [6.07, 6.45) is 0.365. The molecule has 0 fully saturated rings. The molecule has 0 saturated heterocycles. The van der Waals surface area contributed by atoms with Gasteiger partial charge in [0.05, 0.1) is 0 Å². The van der Waals surface area contributed by atoms with Crippen LogP contribution in [0.15, 0.2) is 36.5 Å². The van der Waals surface area contributed by atoms with Crippen molar-refractivity contribution in [2.75, 3.05) is 5.32 Å². The molecule has 1 heterocycles. The van der Waals surface area contributed by atoms with Crippen molar-refractivity contribution in [1.29, 1.82) is 0 Å². The van der Waals surface area contributed by atoms with Crippen LogP contribution in [0.5, 0.6) is 0 Å². The number of aromatic nitrogens is 1. The molecule has 0 saturated carbocycles. The number of amides is 1. The molecule has 1 aromatic heterocycles. The molecule has 0 radical (unpaired) electrons. The second-order valence-corrected chi connectivity index (χ2v) is 5.53. The number of nitrogens with one attached hydrogen (secondary N) is 2. The zero-order valence-electron chi connectivity index (χ0n) is 14.1. The highest BCUT2D eigenvalue weighted by Crippen LogP contribution is 2.12. The molecule has 2 aromatic rings. The van der Waals surface area contributed by atoms with Crippen molar-refractivity contribution >= 4 is 29.1 Å². The summed E-state index contributed by atoms with van der Waals surface area (Å²) in [6.45, 7) is 4.27. The van der Waals surface area contributed by atoms with Crippen molar-refractivity contribution in [2.24, 2.45) is 0 Å². The molecule has 1 atom stereocenters. The van der Waals surface area contributed by atoms with E-state index in [1.165, 1.54) is 33.0 Å². The molecule has 0 aliphatic carbocycles. The number of aromatic amines is 1. The fraction of sp³-hybridized carbons (Fsp3) is 0.222.